The van der Waals surface area contributed by atoms with Crippen LogP contribution in [0.4, 0.5) is 0 Å². The predicted molar refractivity (Wildman–Crippen MR) is 94.1 cm³/mol. The van der Waals surface area contributed by atoms with Crippen molar-refractivity contribution in [3.05, 3.63) is 30.3 Å². The van der Waals surface area contributed by atoms with E-state index in [1.54, 1.807) is 0 Å². The molecular weight excluding hydrogens is 320 g/mol. The third-order valence-corrected chi connectivity index (χ3v) is 4.05. The lowest BCUT2D eigenvalue weighted by molar-refractivity contribution is -0.122. The molecule has 2 N–H and O–H groups in total. The molecule has 7 nitrogen and oxygen atoms in total. The van der Waals surface area contributed by atoms with Gasteiger partial charge in [0.15, 0.2) is 0 Å². The van der Waals surface area contributed by atoms with Gasteiger partial charge in [0.2, 0.25) is 5.91 Å². The monoisotopic (exact) mass is 346 g/mol. The van der Waals surface area contributed by atoms with E-state index in [1.165, 1.54) is 0 Å². The van der Waals surface area contributed by atoms with E-state index >= 15 is 0 Å². The zero-order valence-corrected chi connectivity index (χ0v) is 14.4. The van der Waals surface area contributed by atoms with E-state index in [0.29, 0.717) is 26.1 Å². The molecule has 1 amide bonds. The highest BCUT2D eigenvalue weighted by atomic mass is 16.5. The molecule has 1 saturated heterocycles. The van der Waals surface area contributed by atoms with Gasteiger partial charge < -0.3 is 15.2 Å². The number of carbonyl (C=O) groups is 1. The van der Waals surface area contributed by atoms with Crippen molar-refractivity contribution in [2.45, 2.75) is 12.5 Å². The first-order chi connectivity index (χ1) is 12.2. The molecule has 0 saturated carbocycles. The number of para-hydroxylation sites is 1. The topological polar surface area (TPSA) is 88.8 Å². The molecule has 1 aliphatic heterocycles. The average molecular weight is 346 g/mol. The van der Waals surface area contributed by atoms with Gasteiger partial charge in [0.1, 0.15) is 18.5 Å². The minimum Gasteiger partial charge on any atom is -0.491 e. The fourth-order valence-corrected chi connectivity index (χ4v) is 2.71. The maximum absolute atomic E-state index is 11.7. The van der Waals surface area contributed by atoms with Gasteiger partial charge in [-0.25, -0.2) is 0 Å². The predicted octanol–water partition coefficient (Wildman–Crippen LogP) is 0.0738. The van der Waals surface area contributed by atoms with Crippen LogP contribution in [0.15, 0.2) is 30.3 Å². The first-order valence-electron chi connectivity index (χ1n) is 8.61. The largest absolute Gasteiger partial charge is 0.491 e. The lowest BCUT2D eigenvalue weighted by Gasteiger charge is -2.35. The molecule has 1 heterocycles. The molecule has 25 heavy (non-hydrogen) atoms. The Kier molecular flexibility index (Phi) is 8.19. The second-order valence-corrected chi connectivity index (χ2v) is 6.11. The second-order valence-electron chi connectivity index (χ2n) is 6.11. The van der Waals surface area contributed by atoms with Crippen molar-refractivity contribution >= 4 is 5.91 Å². The summed E-state index contributed by atoms with van der Waals surface area (Å²) in [6, 6.07) is 11.5. The average Bonchev–Trinajstić information content (AvgIpc) is 2.63. The van der Waals surface area contributed by atoms with Crippen LogP contribution in [0.1, 0.15) is 6.42 Å². The quantitative estimate of drug-likeness (QED) is 0.616. The maximum atomic E-state index is 11.7. The Morgan fingerprint density at radius 1 is 1.24 bits per heavy atom. The Hall–Kier alpha value is -2.14. The summed E-state index contributed by atoms with van der Waals surface area (Å²) in [5.41, 5.74) is 0. The van der Waals surface area contributed by atoms with Crippen LogP contribution in [0.3, 0.4) is 0 Å². The fourth-order valence-electron chi connectivity index (χ4n) is 2.71. The first-order valence-corrected chi connectivity index (χ1v) is 8.61. The number of nitrogens with one attached hydrogen (secondary N) is 1. The van der Waals surface area contributed by atoms with Crippen molar-refractivity contribution in [1.29, 1.82) is 5.26 Å². The SMILES string of the molecule is N#CCCNC(=O)CN1CCN(CC(O)COc2ccccc2)CC1. The van der Waals surface area contributed by atoms with E-state index in [4.69, 9.17) is 10.00 Å². The van der Waals surface area contributed by atoms with Gasteiger partial charge in [-0.15, -0.1) is 0 Å². The zero-order valence-electron chi connectivity index (χ0n) is 14.4. The summed E-state index contributed by atoms with van der Waals surface area (Å²) in [4.78, 5) is 16.0. The molecule has 1 unspecified atom stereocenters. The minimum absolute atomic E-state index is 0.0417. The zero-order chi connectivity index (χ0) is 17.9. The molecule has 2 rings (SSSR count). The highest BCUT2D eigenvalue weighted by molar-refractivity contribution is 5.78. The van der Waals surface area contributed by atoms with E-state index in [-0.39, 0.29) is 12.5 Å². The fraction of sp³-hybridized carbons (Fsp3) is 0.556. The van der Waals surface area contributed by atoms with Gasteiger partial charge in [-0.05, 0) is 12.1 Å². The Bertz CT molecular complexity index is 553. The molecule has 0 aliphatic carbocycles. The first kappa shape index (κ1) is 19.2. The second kappa shape index (κ2) is 10.7. The maximum Gasteiger partial charge on any atom is 0.234 e. The molecule has 0 bridgehead atoms. The normalized spacial score (nSPS) is 16.8. The summed E-state index contributed by atoms with van der Waals surface area (Å²) in [5, 5.41) is 21.3. The van der Waals surface area contributed by atoms with Crippen LogP contribution in [0.2, 0.25) is 0 Å². The number of hydrogen-bond donors (Lipinski definition) is 2. The summed E-state index contributed by atoms with van der Waals surface area (Å²) in [6.07, 6.45) is -0.205. The highest BCUT2D eigenvalue weighted by Crippen LogP contribution is 2.09. The van der Waals surface area contributed by atoms with E-state index < -0.39 is 6.10 Å². The number of aliphatic hydroxyl groups excluding tert-OH is 1. The van der Waals surface area contributed by atoms with E-state index in [9.17, 15) is 9.90 Å². The van der Waals surface area contributed by atoms with Crippen molar-refractivity contribution < 1.29 is 14.6 Å². The number of nitrogens with zero attached hydrogens (tertiary/aromatic N) is 3. The van der Waals surface area contributed by atoms with Crippen LogP contribution in [-0.2, 0) is 4.79 Å². The van der Waals surface area contributed by atoms with Crippen LogP contribution in [-0.4, -0.2) is 79.3 Å². The molecule has 1 atom stereocenters. The molecule has 0 spiro atoms. The van der Waals surface area contributed by atoms with Crippen LogP contribution in [0.25, 0.3) is 0 Å². The van der Waals surface area contributed by atoms with Gasteiger partial charge in [-0.1, -0.05) is 18.2 Å². The number of β-amino-alcohol motifs (C(OH)–C–C–N with tert-alkyl or cyclic N) is 1. The summed E-state index contributed by atoms with van der Waals surface area (Å²) in [6.45, 7) is 4.81. The van der Waals surface area contributed by atoms with Gasteiger partial charge in [-0.3, -0.25) is 14.6 Å². The number of nitriles is 1. The molecule has 1 aromatic carbocycles. The van der Waals surface area contributed by atoms with Gasteiger partial charge >= 0.3 is 0 Å². The molecule has 136 valence electrons. The van der Waals surface area contributed by atoms with Crippen molar-refractivity contribution in [1.82, 2.24) is 15.1 Å². The number of rotatable bonds is 9. The number of ether oxygens (including phenoxy) is 1. The van der Waals surface area contributed by atoms with E-state index in [2.05, 4.69) is 15.1 Å². The number of benzene rings is 1. The lowest BCUT2D eigenvalue weighted by atomic mass is 10.2. The van der Waals surface area contributed by atoms with Gasteiger partial charge in [0, 0.05) is 39.3 Å². The molecule has 0 aromatic heterocycles. The summed E-state index contributed by atoms with van der Waals surface area (Å²) in [7, 11) is 0. The minimum atomic E-state index is -0.541. The molecular formula is C18H26N4O3. The molecule has 0 radical (unpaired) electrons. The van der Waals surface area contributed by atoms with Crippen LogP contribution < -0.4 is 10.1 Å². The van der Waals surface area contributed by atoms with Crippen molar-refractivity contribution in [2.75, 3.05) is 52.4 Å². The van der Waals surface area contributed by atoms with Gasteiger partial charge in [0.25, 0.3) is 0 Å². The third-order valence-electron chi connectivity index (χ3n) is 4.05. The molecule has 7 heteroatoms. The standard InChI is InChI=1S/C18H26N4O3/c19-7-4-8-20-18(24)14-22-11-9-21(10-12-22)13-16(23)15-25-17-5-2-1-3-6-17/h1-3,5-6,16,23H,4,8-15H2,(H,20,24). The summed E-state index contributed by atoms with van der Waals surface area (Å²) >= 11 is 0. The highest BCUT2D eigenvalue weighted by Gasteiger charge is 2.20. The Labute approximate surface area is 148 Å². The summed E-state index contributed by atoms with van der Waals surface area (Å²) < 4.78 is 5.57. The Balaban J connectivity index is 1.60. The number of aliphatic hydroxyl groups is 1. The third kappa shape index (κ3) is 7.52. The van der Waals surface area contributed by atoms with Crippen molar-refractivity contribution in [3.63, 3.8) is 0 Å². The number of carbonyl (C=O) groups excluding carboxylic acids is 1. The van der Waals surface area contributed by atoms with Crippen molar-refractivity contribution in [2.24, 2.45) is 0 Å². The molecule has 1 fully saturated rings. The smallest absolute Gasteiger partial charge is 0.234 e. The van der Waals surface area contributed by atoms with Gasteiger partial charge in [0.05, 0.1) is 19.0 Å². The number of piperazine rings is 1. The van der Waals surface area contributed by atoms with Crippen LogP contribution >= 0.6 is 0 Å². The molecule has 1 aliphatic rings. The van der Waals surface area contributed by atoms with E-state index in [0.717, 1.165) is 31.9 Å². The van der Waals surface area contributed by atoms with Crippen molar-refractivity contribution in [3.8, 4) is 11.8 Å². The Morgan fingerprint density at radius 2 is 1.92 bits per heavy atom. The number of amides is 1. The van der Waals surface area contributed by atoms with Gasteiger partial charge in [-0.2, -0.15) is 5.26 Å². The van der Waals surface area contributed by atoms with E-state index in [1.807, 2.05) is 36.4 Å². The molecule has 1 aromatic rings. The lowest BCUT2D eigenvalue weighted by Crippen LogP contribution is -2.51. The van der Waals surface area contributed by atoms with Crippen LogP contribution in [0, 0.1) is 11.3 Å². The number of hydrogen-bond acceptors (Lipinski definition) is 6. The van der Waals surface area contributed by atoms with Crippen LogP contribution in [0.5, 0.6) is 5.75 Å². The summed E-state index contributed by atoms with van der Waals surface area (Å²) in [5.74, 6) is 0.716. The Morgan fingerprint density at radius 3 is 2.60 bits per heavy atom.